The van der Waals surface area contributed by atoms with Crippen molar-refractivity contribution in [3.63, 3.8) is 0 Å². The maximum absolute atomic E-state index is 11.7. The van der Waals surface area contributed by atoms with Crippen LogP contribution in [0.1, 0.15) is 41.4 Å². The molecule has 1 aliphatic rings. The van der Waals surface area contributed by atoms with Crippen molar-refractivity contribution in [3.8, 4) is 0 Å². The SMILES string of the molecule is Cc1nc2scc(C3CC3)n2c1CN[C@H](Cc1ccccc1)C(=O)O. The molecule has 0 amide bonds. The van der Waals surface area contributed by atoms with Crippen molar-refractivity contribution in [2.75, 3.05) is 0 Å². The highest BCUT2D eigenvalue weighted by Gasteiger charge is 2.29. The zero-order valence-electron chi connectivity index (χ0n) is 14.1. The Balaban J connectivity index is 1.54. The number of hydrogen-bond donors (Lipinski definition) is 2. The van der Waals surface area contributed by atoms with Gasteiger partial charge in [-0.2, -0.15) is 0 Å². The fourth-order valence-electron chi connectivity index (χ4n) is 3.23. The third kappa shape index (κ3) is 3.32. The molecule has 3 aromatic rings. The van der Waals surface area contributed by atoms with Crippen LogP contribution in [0.2, 0.25) is 0 Å². The monoisotopic (exact) mass is 355 g/mol. The van der Waals surface area contributed by atoms with E-state index in [1.54, 1.807) is 11.3 Å². The molecule has 0 unspecified atom stereocenters. The molecule has 1 fully saturated rings. The number of rotatable bonds is 7. The molecule has 0 bridgehead atoms. The van der Waals surface area contributed by atoms with Crippen LogP contribution in [0, 0.1) is 6.92 Å². The topological polar surface area (TPSA) is 66.6 Å². The highest BCUT2D eigenvalue weighted by atomic mass is 32.1. The summed E-state index contributed by atoms with van der Waals surface area (Å²) < 4.78 is 2.23. The van der Waals surface area contributed by atoms with Gasteiger partial charge in [0.15, 0.2) is 4.96 Å². The summed E-state index contributed by atoms with van der Waals surface area (Å²) in [6.07, 6.45) is 2.94. The van der Waals surface area contributed by atoms with Crippen LogP contribution in [-0.2, 0) is 17.8 Å². The van der Waals surface area contributed by atoms with Crippen LogP contribution in [-0.4, -0.2) is 26.5 Å². The van der Waals surface area contributed by atoms with Crippen molar-refractivity contribution in [3.05, 3.63) is 58.4 Å². The van der Waals surface area contributed by atoms with Gasteiger partial charge in [0.2, 0.25) is 0 Å². The number of aliphatic carboxylic acids is 1. The van der Waals surface area contributed by atoms with Gasteiger partial charge >= 0.3 is 5.97 Å². The maximum atomic E-state index is 11.7. The fourth-order valence-corrected chi connectivity index (χ4v) is 4.26. The van der Waals surface area contributed by atoms with E-state index in [4.69, 9.17) is 0 Å². The summed E-state index contributed by atoms with van der Waals surface area (Å²) in [6.45, 7) is 2.51. The van der Waals surface area contributed by atoms with E-state index in [1.807, 2.05) is 37.3 Å². The first-order chi connectivity index (χ1) is 12.1. The van der Waals surface area contributed by atoms with Crippen LogP contribution in [0.15, 0.2) is 35.7 Å². The number of aromatic nitrogens is 2. The number of nitrogens with zero attached hydrogens (tertiary/aromatic N) is 2. The van der Waals surface area contributed by atoms with Gasteiger partial charge in [-0.15, -0.1) is 11.3 Å². The smallest absolute Gasteiger partial charge is 0.321 e. The number of aryl methyl sites for hydroxylation is 1. The van der Waals surface area contributed by atoms with Crippen molar-refractivity contribution in [2.24, 2.45) is 0 Å². The minimum Gasteiger partial charge on any atom is -0.480 e. The number of carbonyl (C=O) groups is 1. The number of thiazole rings is 1. The van der Waals surface area contributed by atoms with Gasteiger partial charge in [-0.3, -0.25) is 14.5 Å². The van der Waals surface area contributed by atoms with Gasteiger partial charge in [-0.05, 0) is 31.7 Å². The molecule has 0 spiro atoms. The molecule has 25 heavy (non-hydrogen) atoms. The fraction of sp³-hybridized carbons (Fsp3) is 0.368. The van der Waals surface area contributed by atoms with Gasteiger partial charge in [-0.25, -0.2) is 4.98 Å². The van der Waals surface area contributed by atoms with E-state index in [2.05, 4.69) is 20.1 Å². The van der Waals surface area contributed by atoms with Gasteiger partial charge in [0, 0.05) is 23.5 Å². The second-order valence-corrected chi connectivity index (χ2v) is 7.49. The zero-order chi connectivity index (χ0) is 17.4. The first-order valence-electron chi connectivity index (χ1n) is 8.59. The van der Waals surface area contributed by atoms with Gasteiger partial charge in [0.1, 0.15) is 6.04 Å². The predicted octanol–water partition coefficient (Wildman–Crippen LogP) is 3.37. The Hall–Kier alpha value is -2.18. The molecule has 2 aromatic heterocycles. The van der Waals surface area contributed by atoms with Gasteiger partial charge in [0.05, 0.1) is 11.4 Å². The van der Waals surface area contributed by atoms with Crippen molar-refractivity contribution < 1.29 is 9.90 Å². The first-order valence-corrected chi connectivity index (χ1v) is 9.47. The van der Waals surface area contributed by atoms with E-state index >= 15 is 0 Å². The van der Waals surface area contributed by atoms with Crippen LogP contribution >= 0.6 is 11.3 Å². The molecule has 1 aromatic carbocycles. The second-order valence-electron chi connectivity index (χ2n) is 6.66. The quantitative estimate of drug-likeness (QED) is 0.682. The van der Waals surface area contributed by atoms with Crippen LogP contribution < -0.4 is 5.32 Å². The Labute approximate surface area is 150 Å². The van der Waals surface area contributed by atoms with Gasteiger partial charge < -0.3 is 5.11 Å². The van der Waals surface area contributed by atoms with Crippen LogP contribution in [0.4, 0.5) is 0 Å². The Morgan fingerprint density at radius 3 is 2.84 bits per heavy atom. The van der Waals surface area contributed by atoms with E-state index in [0.717, 1.165) is 21.9 Å². The molecule has 130 valence electrons. The summed E-state index contributed by atoms with van der Waals surface area (Å²) in [4.78, 5) is 17.3. The van der Waals surface area contributed by atoms with Crippen molar-refractivity contribution in [1.82, 2.24) is 14.7 Å². The summed E-state index contributed by atoms with van der Waals surface area (Å²) in [6, 6.07) is 9.12. The lowest BCUT2D eigenvalue weighted by atomic mass is 10.1. The van der Waals surface area contributed by atoms with Gasteiger partial charge in [0.25, 0.3) is 0 Å². The second kappa shape index (κ2) is 6.61. The summed E-state index contributed by atoms with van der Waals surface area (Å²) in [5.41, 5.74) is 4.40. The molecule has 5 nitrogen and oxygen atoms in total. The molecule has 1 saturated carbocycles. The minimum atomic E-state index is -0.824. The lowest BCUT2D eigenvalue weighted by Crippen LogP contribution is -2.38. The molecule has 1 aliphatic carbocycles. The molecular weight excluding hydrogens is 334 g/mol. The van der Waals surface area contributed by atoms with Crippen LogP contribution in [0.3, 0.4) is 0 Å². The minimum absolute atomic E-state index is 0.469. The van der Waals surface area contributed by atoms with Crippen molar-refractivity contribution in [2.45, 2.75) is 44.7 Å². The Morgan fingerprint density at radius 1 is 1.40 bits per heavy atom. The average Bonchev–Trinajstić information content (AvgIpc) is 3.29. The molecule has 4 rings (SSSR count). The van der Waals surface area contributed by atoms with E-state index in [-0.39, 0.29) is 0 Å². The molecule has 2 N–H and O–H groups in total. The molecule has 1 atom stereocenters. The van der Waals surface area contributed by atoms with E-state index in [9.17, 15) is 9.90 Å². The summed E-state index contributed by atoms with van der Waals surface area (Å²) in [5.74, 6) is -0.185. The summed E-state index contributed by atoms with van der Waals surface area (Å²) in [7, 11) is 0. The molecule has 2 heterocycles. The van der Waals surface area contributed by atoms with Gasteiger partial charge in [-0.1, -0.05) is 30.3 Å². The molecular formula is C19H21N3O2S. The van der Waals surface area contributed by atoms with Crippen molar-refractivity contribution in [1.29, 1.82) is 0 Å². The van der Waals surface area contributed by atoms with Crippen LogP contribution in [0.25, 0.3) is 4.96 Å². The highest BCUT2D eigenvalue weighted by Crippen LogP contribution is 2.42. The Kier molecular flexibility index (Phi) is 4.31. The number of carboxylic acids is 1. The number of fused-ring (bicyclic) bond motifs is 1. The number of benzene rings is 1. The number of carboxylic acid groups (broad SMARTS) is 1. The van der Waals surface area contributed by atoms with Crippen LogP contribution in [0.5, 0.6) is 0 Å². The standard InChI is InChI=1S/C19H21N3O2S/c1-12-16(22-17(14-7-8-14)11-25-19(22)21-12)10-20-15(18(23)24)9-13-5-3-2-4-6-13/h2-6,11,14-15,20H,7-10H2,1H3,(H,23,24)/t15-/m1/s1. The average molecular weight is 355 g/mol. The lowest BCUT2D eigenvalue weighted by Gasteiger charge is -2.15. The predicted molar refractivity (Wildman–Crippen MR) is 98.2 cm³/mol. The Bertz CT molecular complexity index is 896. The number of imidazole rings is 1. The highest BCUT2D eigenvalue weighted by molar-refractivity contribution is 7.15. The molecule has 0 radical (unpaired) electrons. The molecule has 0 aliphatic heterocycles. The number of nitrogens with one attached hydrogen (secondary N) is 1. The summed E-state index contributed by atoms with van der Waals surface area (Å²) >= 11 is 1.67. The van der Waals surface area contributed by atoms with Crippen molar-refractivity contribution >= 4 is 22.3 Å². The van der Waals surface area contributed by atoms with E-state index in [1.165, 1.54) is 18.5 Å². The largest absolute Gasteiger partial charge is 0.480 e. The first kappa shape index (κ1) is 16.3. The lowest BCUT2D eigenvalue weighted by molar-refractivity contribution is -0.139. The normalized spacial score (nSPS) is 15.6. The Morgan fingerprint density at radius 2 is 2.16 bits per heavy atom. The maximum Gasteiger partial charge on any atom is 0.321 e. The van der Waals surface area contributed by atoms with E-state index in [0.29, 0.717) is 18.9 Å². The molecule has 6 heteroatoms. The number of hydrogen-bond acceptors (Lipinski definition) is 4. The van der Waals surface area contributed by atoms with E-state index < -0.39 is 12.0 Å². The third-order valence-corrected chi connectivity index (χ3v) is 5.62. The molecule has 0 saturated heterocycles. The third-order valence-electron chi connectivity index (χ3n) is 4.78. The summed E-state index contributed by atoms with van der Waals surface area (Å²) in [5, 5.41) is 15.0. The zero-order valence-corrected chi connectivity index (χ0v) is 14.9.